The summed E-state index contributed by atoms with van der Waals surface area (Å²) >= 11 is 0. The largest absolute Gasteiger partial charge is 0.472 e. The summed E-state index contributed by atoms with van der Waals surface area (Å²) < 4.78 is 49.4. The van der Waals surface area contributed by atoms with Gasteiger partial charge >= 0.3 is 27.6 Å². The fraction of sp³-hybridized carbons (Fsp3) is 0.935. The number of aliphatic hydroxyl groups excluding tert-OH is 4. The SMILES string of the molecule is CCCCCCCCCCCCCCCC(=O)O[C@H](COC(=O)CCCCCCCCCCCCCCCCC(=O)CCC)COP(=O)(O)OC1C(O)[C@@H](O)C(O)[C@@H](OP(=O)(O)O)[C@H]1O. The van der Waals surface area contributed by atoms with Crippen LogP contribution in [-0.4, -0.2) is 109 Å². The number of unbranched alkanes of at least 4 members (excludes halogenated alkanes) is 25. The molecular weight excluding hydrogens is 886 g/mol. The Kier molecular flexibility index (Phi) is 35.6. The van der Waals surface area contributed by atoms with E-state index >= 15 is 0 Å². The van der Waals surface area contributed by atoms with Crippen molar-refractivity contribution in [3.63, 3.8) is 0 Å². The maximum atomic E-state index is 13.0. The van der Waals surface area contributed by atoms with Crippen LogP contribution in [0.2, 0.25) is 0 Å². The number of aliphatic hydroxyl groups is 4. The summed E-state index contributed by atoms with van der Waals surface area (Å²) in [6.45, 7) is 2.90. The van der Waals surface area contributed by atoms with E-state index in [-0.39, 0.29) is 12.8 Å². The van der Waals surface area contributed by atoms with Gasteiger partial charge in [-0.05, 0) is 25.7 Å². The average molecular weight is 975 g/mol. The normalized spacial score (nSPS) is 21.5. The van der Waals surface area contributed by atoms with E-state index in [1.54, 1.807) is 0 Å². The van der Waals surface area contributed by atoms with Gasteiger partial charge in [-0.25, -0.2) is 9.13 Å². The molecule has 19 heteroatoms. The van der Waals surface area contributed by atoms with Gasteiger partial charge in [-0.2, -0.15) is 0 Å². The lowest BCUT2D eigenvalue weighted by Crippen LogP contribution is -2.64. The van der Waals surface area contributed by atoms with Crippen molar-refractivity contribution < 1.29 is 81.7 Å². The van der Waals surface area contributed by atoms with Gasteiger partial charge in [-0.3, -0.25) is 28.0 Å². The van der Waals surface area contributed by atoms with Crippen LogP contribution in [0.4, 0.5) is 0 Å². The summed E-state index contributed by atoms with van der Waals surface area (Å²) in [5.74, 6) is -0.826. The van der Waals surface area contributed by atoms with Crippen LogP contribution in [-0.2, 0) is 46.6 Å². The summed E-state index contributed by atoms with van der Waals surface area (Å²) in [7, 11) is -10.7. The summed E-state index contributed by atoms with van der Waals surface area (Å²) in [5, 5.41) is 41.2. The van der Waals surface area contributed by atoms with Crippen LogP contribution in [0.1, 0.15) is 219 Å². The standard InChI is InChI=1S/C46H88O17P2/c1-3-5-6-7-8-9-10-13-18-21-24-27-30-34-40(49)61-38(36-60-65(57,58)63-46-43(52)41(50)42(51)45(44(46)53)62-64(54,55)56)35-59-39(48)33-29-26-23-20-17-15-12-11-14-16-19-22-25-28-32-37(47)31-4-2/h38,41-46,50-53H,3-36H2,1-2H3,(H,57,58)(H2,54,55,56)/t38-,41+,42?,43?,44-,45-,46?/m1/s1. The molecule has 0 saturated heterocycles. The van der Waals surface area contributed by atoms with Gasteiger partial charge < -0.3 is 44.6 Å². The fourth-order valence-electron chi connectivity index (χ4n) is 7.97. The summed E-state index contributed by atoms with van der Waals surface area (Å²) in [4.78, 5) is 65.9. The number of ether oxygens (including phenoxy) is 2. The van der Waals surface area contributed by atoms with Crippen molar-refractivity contribution in [2.24, 2.45) is 0 Å². The maximum Gasteiger partial charge on any atom is 0.472 e. The number of rotatable bonds is 43. The van der Waals surface area contributed by atoms with Gasteiger partial charge in [0, 0.05) is 25.7 Å². The van der Waals surface area contributed by atoms with E-state index in [1.807, 2.05) is 6.92 Å². The maximum absolute atomic E-state index is 13.0. The van der Waals surface area contributed by atoms with E-state index in [9.17, 15) is 58.6 Å². The van der Waals surface area contributed by atoms with Gasteiger partial charge in [-0.15, -0.1) is 0 Å². The van der Waals surface area contributed by atoms with Crippen molar-refractivity contribution in [1.29, 1.82) is 0 Å². The molecule has 1 saturated carbocycles. The van der Waals surface area contributed by atoms with Crippen molar-refractivity contribution in [3.05, 3.63) is 0 Å². The van der Waals surface area contributed by atoms with Crippen LogP contribution in [0.25, 0.3) is 0 Å². The number of hydrogen-bond acceptors (Lipinski definition) is 14. The van der Waals surface area contributed by atoms with Crippen LogP contribution in [0.15, 0.2) is 0 Å². The third-order valence-corrected chi connectivity index (χ3v) is 13.3. The number of Topliss-reactive ketones (excluding diaryl/α,β-unsaturated/α-hetero) is 1. The van der Waals surface area contributed by atoms with E-state index in [2.05, 4.69) is 11.4 Å². The molecule has 1 fully saturated rings. The van der Waals surface area contributed by atoms with Gasteiger partial charge in [-0.1, -0.05) is 168 Å². The first kappa shape index (κ1) is 61.7. The fourth-order valence-corrected chi connectivity index (χ4v) is 9.51. The number of ketones is 1. The Labute approximate surface area is 389 Å². The lowest BCUT2D eigenvalue weighted by Gasteiger charge is -2.43. The molecule has 0 radical (unpaired) electrons. The number of esters is 2. The van der Waals surface area contributed by atoms with Gasteiger partial charge in [0.1, 0.15) is 49.0 Å². The number of carbonyl (C=O) groups is 3. The van der Waals surface area contributed by atoms with Crippen molar-refractivity contribution in [1.82, 2.24) is 0 Å². The Balaban J connectivity index is 2.52. The summed E-state index contributed by atoms with van der Waals surface area (Å²) in [6, 6.07) is 0. The minimum atomic E-state index is -5.36. The number of hydrogen-bond donors (Lipinski definition) is 7. The van der Waals surface area contributed by atoms with Crippen molar-refractivity contribution in [2.75, 3.05) is 13.2 Å². The highest BCUT2D eigenvalue weighted by Gasteiger charge is 2.54. The van der Waals surface area contributed by atoms with Crippen LogP contribution >= 0.6 is 15.6 Å². The Morgan fingerprint density at radius 3 is 1.25 bits per heavy atom. The minimum Gasteiger partial charge on any atom is -0.462 e. The molecule has 384 valence electrons. The highest BCUT2D eigenvalue weighted by molar-refractivity contribution is 7.47. The summed E-state index contributed by atoms with van der Waals surface area (Å²) in [5.41, 5.74) is 0. The lowest BCUT2D eigenvalue weighted by atomic mass is 9.85. The molecule has 0 spiro atoms. The van der Waals surface area contributed by atoms with Crippen molar-refractivity contribution in [2.45, 2.75) is 262 Å². The molecule has 0 bridgehead atoms. The minimum absolute atomic E-state index is 0.0429. The molecule has 0 amide bonds. The van der Waals surface area contributed by atoms with Crippen LogP contribution in [0, 0.1) is 0 Å². The predicted octanol–water partition coefficient (Wildman–Crippen LogP) is 8.97. The third-order valence-electron chi connectivity index (χ3n) is 11.8. The molecule has 0 aromatic carbocycles. The van der Waals surface area contributed by atoms with Crippen LogP contribution in [0.5, 0.6) is 0 Å². The molecule has 65 heavy (non-hydrogen) atoms. The quantitative estimate of drug-likeness (QED) is 0.0171. The van der Waals surface area contributed by atoms with E-state index in [0.717, 1.165) is 77.0 Å². The molecule has 0 heterocycles. The smallest absolute Gasteiger partial charge is 0.462 e. The molecule has 0 aliphatic heterocycles. The highest BCUT2D eigenvalue weighted by atomic mass is 31.2. The molecular formula is C46H88O17P2. The highest BCUT2D eigenvalue weighted by Crippen LogP contribution is 2.49. The van der Waals surface area contributed by atoms with Gasteiger partial charge in [0.25, 0.3) is 0 Å². The zero-order valence-corrected chi connectivity index (χ0v) is 41.5. The second-order valence-electron chi connectivity index (χ2n) is 17.9. The lowest BCUT2D eigenvalue weighted by molar-refractivity contribution is -0.216. The molecule has 8 atom stereocenters. The van der Waals surface area contributed by atoms with E-state index in [4.69, 9.17) is 18.5 Å². The third kappa shape index (κ3) is 32.2. The molecule has 1 aliphatic carbocycles. The second kappa shape index (κ2) is 37.6. The average Bonchev–Trinajstić information content (AvgIpc) is 3.25. The van der Waals surface area contributed by atoms with Crippen LogP contribution in [0.3, 0.4) is 0 Å². The van der Waals surface area contributed by atoms with Crippen molar-refractivity contribution >= 4 is 33.4 Å². The van der Waals surface area contributed by atoms with Gasteiger partial charge in [0.15, 0.2) is 6.10 Å². The van der Waals surface area contributed by atoms with E-state index in [1.165, 1.54) is 96.3 Å². The molecule has 4 unspecified atom stereocenters. The second-order valence-corrected chi connectivity index (χ2v) is 20.5. The van der Waals surface area contributed by atoms with Crippen LogP contribution < -0.4 is 0 Å². The predicted molar refractivity (Wildman–Crippen MR) is 247 cm³/mol. The number of carbonyl (C=O) groups excluding carboxylic acids is 3. The number of phosphoric ester groups is 2. The zero-order chi connectivity index (χ0) is 48.4. The Morgan fingerprint density at radius 2 is 0.831 bits per heavy atom. The van der Waals surface area contributed by atoms with E-state index < -0.39 is 83.5 Å². The molecule has 0 aromatic heterocycles. The first-order valence-corrected chi connectivity index (χ1v) is 28.0. The van der Waals surface area contributed by atoms with E-state index in [0.29, 0.717) is 25.0 Å². The first-order chi connectivity index (χ1) is 31.0. The Bertz CT molecular complexity index is 1330. The Hall–Kier alpha value is -1.33. The number of phosphoric acid groups is 2. The first-order valence-electron chi connectivity index (χ1n) is 25.0. The Morgan fingerprint density at radius 1 is 0.446 bits per heavy atom. The molecule has 7 N–H and O–H groups in total. The topological polar surface area (TPSA) is 273 Å². The molecule has 1 rings (SSSR count). The zero-order valence-electron chi connectivity index (χ0n) is 39.7. The molecule has 17 nitrogen and oxygen atoms in total. The molecule has 0 aromatic rings. The molecule has 1 aliphatic rings. The summed E-state index contributed by atoms with van der Waals surface area (Å²) in [6.07, 6.45) is 17.5. The van der Waals surface area contributed by atoms with Gasteiger partial charge in [0.2, 0.25) is 0 Å². The van der Waals surface area contributed by atoms with Gasteiger partial charge in [0.05, 0.1) is 6.61 Å². The van der Waals surface area contributed by atoms with Crippen molar-refractivity contribution in [3.8, 4) is 0 Å². The monoisotopic (exact) mass is 975 g/mol.